The molecule has 2 aliphatic heterocycles. The average Bonchev–Trinajstić information content (AvgIpc) is 3.15. The molecule has 0 spiro atoms. The first-order valence-corrected chi connectivity index (χ1v) is 9.86. The minimum Gasteiger partial charge on any atom is -0.371 e. The molecule has 5 heteroatoms. The molecular formula is C21H31N3O2. The summed E-state index contributed by atoms with van der Waals surface area (Å²) in [5.41, 5.74) is 1.96. The molecule has 0 bridgehead atoms. The molecule has 0 radical (unpaired) electrons. The van der Waals surface area contributed by atoms with E-state index in [1.807, 2.05) is 43.9 Å². The maximum absolute atomic E-state index is 13.2. The molecule has 0 aromatic heterocycles. The van der Waals surface area contributed by atoms with E-state index in [9.17, 15) is 9.59 Å². The number of nitrogens with zero attached hydrogens (tertiary/aromatic N) is 2. The first kappa shape index (κ1) is 18.7. The van der Waals surface area contributed by atoms with Crippen LogP contribution in [0, 0.1) is 5.41 Å². The number of carbonyl (C=O) groups excluding carboxylic acids is 2. The van der Waals surface area contributed by atoms with E-state index in [0.717, 1.165) is 50.3 Å². The van der Waals surface area contributed by atoms with Gasteiger partial charge in [0.25, 0.3) is 5.91 Å². The number of hydrogen-bond donors (Lipinski definition) is 1. The van der Waals surface area contributed by atoms with Gasteiger partial charge in [-0.2, -0.15) is 0 Å². The molecule has 2 aliphatic rings. The first-order chi connectivity index (χ1) is 12.4. The lowest BCUT2D eigenvalue weighted by Gasteiger charge is -2.29. The van der Waals surface area contributed by atoms with Crippen LogP contribution < -0.4 is 10.2 Å². The van der Waals surface area contributed by atoms with Gasteiger partial charge in [-0.15, -0.1) is 0 Å². The molecule has 0 unspecified atom stereocenters. The summed E-state index contributed by atoms with van der Waals surface area (Å²) >= 11 is 0. The number of rotatable bonds is 3. The molecule has 1 N–H and O–H groups in total. The van der Waals surface area contributed by atoms with E-state index in [4.69, 9.17) is 0 Å². The van der Waals surface area contributed by atoms with Crippen molar-refractivity contribution in [3.63, 3.8) is 0 Å². The van der Waals surface area contributed by atoms with Crippen molar-refractivity contribution in [2.24, 2.45) is 5.41 Å². The van der Waals surface area contributed by atoms with Crippen LogP contribution in [-0.4, -0.2) is 42.9 Å². The van der Waals surface area contributed by atoms with Gasteiger partial charge in [0.2, 0.25) is 5.91 Å². The van der Waals surface area contributed by atoms with E-state index in [2.05, 4.69) is 10.2 Å². The van der Waals surface area contributed by atoms with E-state index in [-0.39, 0.29) is 11.8 Å². The molecule has 2 saturated heterocycles. The Morgan fingerprint density at radius 1 is 0.923 bits per heavy atom. The number of piperidine rings is 1. The van der Waals surface area contributed by atoms with Gasteiger partial charge >= 0.3 is 0 Å². The quantitative estimate of drug-likeness (QED) is 0.893. The van der Waals surface area contributed by atoms with Crippen molar-refractivity contribution in [1.82, 2.24) is 4.90 Å². The molecule has 1 aromatic carbocycles. The third kappa shape index (κ3) is 4.19. The van der Waals surface area contributed by atoms with E-state index in [0.29, 0.717) is 5.69 Å². The van der Waals surface area contributed by atoms with Crippen molar-refractivity contribution in [1.29, 1.82) is 0 Å². The van der Waals surface area contributed by atoms with Gasteiger partial charge in [0.15, 0.2) is 0 Å². The number of carbonyl (C=O) groups is 2. The molecule has 0 aliphatic carbocycles. The molecule has 0 atom stereocenters. The Labute approximate surface area is 156 Å². The third-order valence-electron chi connectivity index (χ3n) is 5.26. The monoisotopic (exact) mass is 357 g/mol. The molecule has 0 saturated carbocycles. The molecule has 26 heavy (non-hydrogen) atoms. The minimum absolute atomic E-state index is 0.0391. The van der Waals surface area contributed by atoms with Crippen molar-refractivity contribution < 1.29 is 9.59 Å². The normalized spacial score (nSPS) is 18.1. The maximum atomic E-state index is 13.2. The van der Waals surface area contributed by atoms with E-state index < -0.39 is 5.41 Å². The molecule has 3 rings (SSSR count). The Bertz CT molecular complexity index is 666. The molecule has 2 amide bonds. The van der Waals surface area contributed by atoms with Gasteiger partial charge in [0.05, 0.1) is 5.56 Å². The summed E-state index contributed by atoms with van der Waals surface area (Å²) in [6.07, 6.45) is 5.68. The molecule has 5 nitrogen and oxygen atoms in total. The Kier molecular flexibility index (Phi) is 5.54. The summed E-state index contributed by atoms with van der Waals surface area (Å²) in [5, 5.41) is 2.97. The predicted octanol–water partition coefficient (Wildman–Crippen LogP) is 3.90. The Hall–Kier alpha value is -2.04. The van der Waals surface area contributed by atoms with Crippen LogP contribution in [0.25, 0.3) is 0 Å². The molecule has 2 heterocycles. The number of anilines is 2. The van der Waals surface area contributed by atoms with Gasteiger partial charge in [-0.3, -0.25) is 9.59 Å². The van der Waals surface area contributed by atoms with Gasteiger partial charge in [-0.1, -0.05) is 20.8 Å². The summed E-state index contributed by atoms with van der Waals surface area (Å²) in [6, 6.07) is 5.79. The topological polar surface area (TPSA) is 52.7 Å². The zero-order chi connectivity index (χ0) is 18.7. The predicted molar refractivity (Wildman–Crippen MR) is 106 cm³/mol. The SMILES string of the molecule is CC(C)(C)C(=O)Nc1ccc(N2CCCC2)c(C(=O)N2CCCCC2)c1. The number of hydrogen-bond acceptors (Lipinski definition) is 3. The smallest absolute Gasteiger partial charge is 0.256 e. The van der Waals surface area contributed by atoms with Crippen LogP contribution in [0.5, 0.6) is 0 Å². The number of nitrogens with one attached hydrogen (secondary N) is 1. The summed E-state index contributed by atoms with van der Waals surface area (Å²) < 4.78 is 0. The highest BCUT2D eigenvalue weighted by molar-refractivity contribution is 6.02. The summed E-state index contributed by atoms with van der Waals surface area (Å²) in [5.74, 6) is 0.0567. The highest BCUT2D eigenvalue weighted by Crippen LogP contribution is 2.30. The van der Waals surface area contributed by atoms with Crippen LogP contribution in [0.2, 0.25) is 0 Å². The summed E-state index contributed by atoms with van der Waals surface area (Å²) in [6.45, 7) is 9.32. The van der Waals surface area contributed by atoms with Crippen molar-refractivity contribution in [2.75, 3.05) is 36.4 Å². The van der Waals surface area contributed by atoms with Gasteiger partial charge < -0.3 is 15.1 Å². The van der Waals surface area contributed by atoms with E-state index in [1.165, 1.54) is 19.3 Å². The van der Waals surface area contributed by atoms with Crippen molar-refractivity contribution in [2.45, 2.75) is 52.9 Å². The number of benzene rings is 1. The standard InChI is InChI=1S/C21H31N3O2/c1-21(2,3)20(26)22-16-9-10-18(23-11-7-8-12-23)17(15-16)19(25)24-13-5-4-6-14-24/h9-10,15H,4-8,11-14H2,1-3H3,(H,22,26). The summed E-state index contributed by atoms with van der Waals surface area (Å²) in [4.78, 5) is 29.8. The second-order valence-corrected chi connectivity index (χ2v) is 8.48. The fraction of sp³-hybridized carbons (Fsp3) is 0.619. The number of amides is 2. The van der Waals surface area contributed by atoms with E-state index in [1.54, 1.807) is 0 Å². The van der Waals surface area contributed by atoms with Crippen LogP contribution in [-0.2, 0) is 4.79 Å². The van der Waals surface area contributed by atoms with E-state index >= 15 is 0 Å². The van der Waals surface area contributed by atoms with Gasteiger partial charge in [-0.05, 0) is 50.3 Å². The summed E-state index contributed by atoms with van der Waals surface area (Å²) in [7, 11) is 0. The zero-order valence-corrected chi connectivity index (χ0v) is 16.3. The fourth-order valence-electron chi connectivity index (χ4n) is 3.60. The van der Waals surface area contributed by atoms with Gasteiger partial charge in [0, 0.05) is 43.0 Å². The molecule has 1 aromatic rings. The zero-order valence-electron chi connectivity index (χ0n) is 16.3. The molecule has 2 fully saturated rings. The maximum Gasteiger partial charge on any atom is 0.256 e. The Balaban J connectivity index is 1.90. The lowest BCUT2D eigenvalue weighted by molar-refractivity contribution is -0.123. The highest BCUT2D eigenvalue weighted by Gasteiger charge is 2.26. The van der Waals surface area contributed by atoms with Crippen molar-refractivity contribution in [3.05, 3.63) is 23.8 Å². The largest absolute Gasteiger partial charge is 0.371 e. The number of likely N-dealkylation sites (tertiary alicyclic amines) is 1. The second-order valence-electron chi connectivity index (χ2n) is 8.48. The van der Waals surface area contributed by atoms with Crippen LogP contribution >= 0.6 is 0 Å². The molecule has 142 valence electrons. The van der Waals surface area contributed by atoms with Crippen LogP contribution in [0.3, 0.4) is 0 Å². The third-order valence-corrected chi connectivity index (χ3v) is 5.26. The first-order valence-electron chi connectivity index (χ1n) is 9.86. The fourth-order valence-corrected chi connectivity index (χ4v) is 3.60. The van der Waals surface area contributed by atoms with Crippen molar-refractivity contribution >= 4 is 23.2 Å². The Morgan fingerprint density at radius 2 is 1.54 bits per heavy atom. The highest BCUT2D eigenvalue weighted by atomic mass is 16.2. The average molecular weight is 357 g/mol. The van der Waals surface area contributed by atoms with Gasteiger partial charge in [0.1, 0.15) is 0 Å². The van der Waals surface area contributed by atoms with Crippen molar-refractivity contribution in [3.8, 4) is 0 Å². The Morgan fingerprint density at radius 3 is 2.15 bits per heavy atom. The molecular weight excluding hydrogens is 326 g/mol. The minimum atomic E-state index is -0.468. The van der Waals surface area contributed by atoms with Crippen LogP contribution in [0.15, 0.2) is 18.2 Å². The lowest BCUT2D eigenvalue weighted by Crippen LogP contribution is -2.36. The lowest BCUT2D eigenvalue weighted by atomic mass is 9.95. The second kappa shape index (κ2) is 7.68. The van der Waals surface area contributed by atoms with Crippen LogP contribution in [0.4, 0.5) is 11.4 Å². The van der Waals surface area contributed by atoms with Crippen LogP contribution in [0.1, 0.15) is 63.2 Å². The van der Waals surface area contributed by atoms with Gasteiger partial charge in [-0.25, -0.2) is 0 Å².